The standard InChI is InChI=1S/C37H66O7/c1-3-4-5-6-7-8-9-10-11-12-13-14-15-19-22-33(40)35-25-26-36(44-35)34(41)24-23-31(38)20-17-16-18-21-32(39)28-30-27-29(2)43-37(30)42/h14-15,27,29,31-36,38-41H,3-13,16-26,28H2,1-2H3/b15-14-/t29?,31?,32?,33-,34-,35-,36-/m1/s1. The predicted molar refractivity (Wildman–Crippen MR) is 177 cm³/mol. The lowest BCUT2D eigenvalue weighted by atomic mass is 9.98. The van der Waals surface area contributed by atoms with E-state index in [9.17, 15) is 25.2 Å². The molecule has 2 heterocycles. The largest absolute Gasteiger partial charge is 0.455 e. The fourth-order valence-electron chi connectivity index (χ4n) is 6.46. The van der Waals surface area contributed by atoms with Gasteiger partial charge in [0.25, 0.3) is 0 Å². The van der Waals surface area contributed by atoms with Crippen molar-refractivity contribution in [2.75, 3.05) is 0 Å². The van der Waals surface area contributed by atoms with E-state index in [4.69, 9.17) is 9.47 Å². The molecule has 0 saturated carbocycles. The van der Waals surface area contributed by atoms with Gasteiger partial charge in [-0.15, -0.1) is 0 Å². The molecule has 1 saturated heterocycles. The Hall–Kier alpha value is -1.25. The summed E-state index contributed by atoms with van der Waals surface area (Å²) < 4.78 is 11.1. The van der Waals surface area contributed by atoms with Crippen LogP contribution in [0.15, 0.2) is 23.8 Å². The highest BCUT2D eigenvalue weighted by atomic mass is 16.5. The first-order valence-electron chi connectivity index (χ1n) is 18.2. The molecular weight excluding hydrogens is 556 g/mol. The lowest BCUT2D eigenvalue weighted by molar-refractivity contribution is -0.139. The summed E-state index contributed by atoms with van der Waals surface area (Å²) in [5.74, 6) is -0.325. The van der Waals surface area contributed by atoms with E-state index in [1.54, 1.807) is 6.08 Å². The number of aliphatic hydroxyl groups excluding tert-OH is 4. The van der Waals surface area contributed by atoms with E-state index in [1.165, 1.54) is 64.2 Å². The molecule has 0 aromatic heterocycles. The number of carbonyl (C=O) groups excluding carboxylic acids is 1. The fourth-order valence-corrected chi connectivity index (χ4v) is 6.46. The summed E-state index contributed by atoms with van der Waals surface area (Å²) in [4.78, 5) is 11.7. The minimum Gasteiger partial charge on any atom is -0.455 e. The Morgan fingerprint density at radius 1 is 0.705 bits per heavy atom. The van der Waals surface area contributed by atoms with Gasteiger partial charge in [-0.1, -0.05) is 96.1 Å². The van der Waals surface area contributed by atoms with Crippen LogP contribution in [-0.4, -0.2) is 69.1 Å². The number of unbranched alkanes of at least 4 members (excludes halogenated alkanes) is 12. The van der Waals surface area contributed by atoms with Crippen molar-refractivity contribution in [3.8, 4) is 0 Å². The zero-order chi connectivity index (χ0) is 32.0. The molecule has 44 heavy (non-hydrogen) atoms. The number of hydrogen-bond donors (Lipinski definition) is 4. The number of rotatable bonds is 27. The quantitative estimate of drug-likeness (QED) is 0.0423. The minimum absolute atomic E-state index is 0.209. The van der Waals surface area contributed by atoms with Crippen LogP contribution in [0, 0.1) is 0 Å². The molecule has 4 N–H and O–H groups in total. The number of aliphatic hydroxyl groups is 4. The maximum atomic E-state index is 11.7. The summed E-state index contributed by atoms with van der Waals surface area (Å²) in [7, 11) is 0. The van der Waals surface area contributed by atoms with Crippen molar-refractivity contribution in [3.05, 3.63) is 23.8 Å². The molecule has 2 rings (SSSR count). The van der Waals surface area contributed by atoms with Crippen LogP contribution >= 0.6 is 0 Å². The Labute approximate surface area is 268 Å². The summed E-state index contributed by atoms with van der Waals surface area (Å²) >= 11 is 0. The monoisotopic (exact) mass is 622 g/mol. The zero-order valence-electron chi connectivity index (χ0n) is 28.1. The lowest BCUT2D eigenvalue weighted by Gasteiger charge is -2.22. The van der Waals surface area contributed by atoms with Crippen molar-refractivity contribution >= 4 is 5.97 Å². The van der Waals surface area contributed by atoms with E-state index < -0.39 is 24.4 Å². The van der Waals surface area contributed by atoms with Crippen LogP contribution in [0.5, 0.6) is 0 Å². The van der Waals surface area contributed by atoms with E-state index in [-0.39, 0.29) is 24.3 Å². The molecule has 0 aliphatic carbocycles. The molecule has 1 fully saturated rings. The van der Waals surface area contributed by atoms with Crippen LogP contribution in [0.1, 0.15) is 162 Å². The molecule has 7 nitrogen and oxygen atoms in total. The summed E-state index contributed by atoms with van der Waals surface area (Å²) in [6.45, 7) is 4.07. The Morgan fingerprint density at radius 3 is 1.86 bits per heavy atom. The van der Waals surface area contributed by atoms with Crippen molar-refractivity contribution in [2.45, 2.75) is 204 Å². The third kappa shape index (κ3) is 17.4. The third-order valence-electron chi connectivity index (χ3n) is 9.28. The maximum absolute atomic E-state index is 11.7. The number of carbonyl (C=O) groups is 1. The van der Waals surface area contributed by atoms with Gasteiger partial charge in [-0.2, -0.15) is 0 Å². The van der Waals surface area contributed by atoms with Gasteiger partial charge in [0.15, 0.2) is 0 Å². The fraction of sp³-hybridized carbons (Fsp3) is 0.865. The number of ether oxygens (including phenoxy) is 2. The molecule has 0 bridgehead atoms. The average molecular weight is 623 g/mol. The van der Waals surface area contributed by atoms with Gasteiger partial charge in [0.05, 0.1) is 36.6 Å². The van der Waals surface area contributed by atoms with Crippen LogP contribution in [0.3, 0.4) is 0 Å². The molecular formula is C37H66O7. The third-order valence-corrected chi connectivity index (χ3v) is 9.28. The summed E-state index contributed by atoms with van der Waals surface area (Å²) in [6, 6.07) is 0. The number of hydrogen-bond acceptors (Lipinski definition) is 7. The molecule has 256 valence electrons. The molecule has 7 heteroatoms. The highest BCUT2D eigenvalue weighted by molar-refractivity contribution is 5.90. The molecule has 2 aliphatic heterocycles. The lowest BCUT2D eigenvalue weighted by Crippen LogP contribution is -2.31. The zero-order valence-corrected chi connectivity index (χ0v) is 28.1. The van der Waals surface area contributed by atoms with Crippen molar-refractivity contribution in [2.24, 2.45) is 0 Å². The van der Waals surface area contributed by atoms with E-state index >= 15 is 0 Å². The summed E-state index contributed by atoms with van der Waals surface area (Å²) in [5, 5.41) is 41.8. The second-order valence-corrected chi connectivity index (χ2v) is 13.5. The Balaban J connectivity index is 1.43. The maximum Gasteiger partial charge on any atom is 0.334 e. The Kier molecular flexibility index (Phi) is 21.2. The topological polar surface area (TPSA) is 116 Å². The Bertz CT molecular complexity index is 797. The van der Waals surface area contributed by atoms with Crippen LogP contribution in [0.2, 0.25) is 0 Å². The predicted octanol–water partition coefficient (Wildman–Crippen LogP) is 7.62. The average Bonchev–Trinajstić information content (AvgIpc) is 3.62. The van der Waals surface area contributed by atoms with Gasteiger partial charge in [0.1, 0.15) is 6.10 Å². The molecule has 0 radical (unpaired) electrons. The van der Waals surface area contributed by atoms with Crippen LogP contribution in [0.4, 0.5) is 0 Å². The van der Waals surface area contributed by atoms with Gasteiger partial charge in [0, 0.05) is 12.0 Å². The van der Waals surface area contributed by atoms with Gasteiger partial charge in [-0.05, 0) is 77.2 Å². The Morgan fingerprint density at radius 2 is 1.25 bits per heavy atom. The van der Waals surface area contributed by atoms with Gasteiger partial charge >= 0.3 is 5.97 Å². The number of cyclic esters (lactones) is 1. The number of allylic oxidation sites excluding steroid dienone is 2. The van der Waals surface area contributed by atoms with Gasteiger partial charge in [0.2, 0.25) is 0 Å². The molecule has 0 aromatic rings. The van der Waals surface area contributed by atoms with Crippen molar-refractivity contribution in [1.29, 1.82) is 0 Å². The first kappa shape index (κ1) is 38.9. The molecule has 0 spiro atoms. The second kappa shape index (κ2) is 24.0. The van der Waals surface area contributed by atoms with Crippen LogP contribution in [0.25, 0.3) is 0 Å². The smallest absolute Gasteiger partial charge is 0.334 e. The molecule has 0 aromatic carbocycles. The van der Waals surface area contributed by atoms with E-state index in [0.717, 1.165) is 44.9 Å². The first-order valence-corrected chi connectivity index (χ1v) is 18.2. The van der Waals surface area contributed by atoms with Crippen LogP contribution < -0.4 is 0 Å². The molecule has 7 atom stereocenters. The molecule has 2 aliphatic rings. The first-order chi connectivity index (χ1) is 21.3. The van der Waals surface area contributed by atoms with E-state index in [0.29, 0.717) is 44.1 Å². The van der Waals surface area contributed by atoms with E-state index in [1.807, 2.05) is 6.92 Å². The summed E-state index contributed by atoms with van der Waals surface area (Å²) in [5.41, 5.74) is 0.563. The van der Waals surface area contributed by atoms with Gasteiger partial charge in [-0.25, -0.2) is 4.79 Å². The molecule has 0 amide bonds. The van der Waals surface area contributed by atoms with Crippen molar-refractivity contribution in [3.63, 3.8) is 0 Å². The summed E-state index contributed by atoms with van der Waals surface area (Å²) in [6.07, 6.45) is 26.3. The minimum atomic E-state index is -0.628. The SMILES string of the molecule is CCCCCCCCCCCC/C=C\CC[C@@H](O)[C@H]1CC[C@H]([C@H](O)CCC(O)CCCCCC(O)CC2=CC(C)OC2=O)O1. The van der Waals surface area contributed by atoms with Crippen LogP contribution in [-0.2, 0) is 14.3 Å². The van der Waals surface area contributed by atoms with Crippen molar-refractivity contribution in [1.82, 2.24) is 0 Å². The van der Waals surface area contributed by atoms with Gasteiger partial charge < -0.3 is 29.9 Å². The van der Waals surface area contributed by atoms with Crippen molar-refractivity contribution < 1.29 is 34.7 Å². The number of esters is 1. The molecule has 3 unspecified atom stereocenters. The second-order valence-electron chi connectivity index (χ2n) is 13.5. The van der Waals surface area contributed by atoms with Gasteiger partial charge in [-0.3, -0.25) is 0 Å². The highest BCUT2D eigenvalue weighted by Crippen LogP contribution is 2.28. The van der Waals surface area contributed by atoms with E-state index in [2.05, 4.69) is 19.1 Å². The normalized spacial score (nSPS) is 23.2. The highest BCUT2D eigenvalue weighted by Gasteiger charge is 2.34.